The Morgan fingerprint density at radius 3 is 2.55 bits per heavy atom. The van der Waals surface area contributed by atoms with Crippen LogP contribution in [0.15, 0.2) is 84.0 Å². The second-order valence-electron chi connectivity index (χ2n) is 7.05. The summed E-state index contributed by atoms with van der Waals surface area (Å²) >= 11 is 13.5. The predicted octanol–water partition coefficient (Wildman–Crippen LogP) is 6.44. The van der Waals surface area contributed by atoms with E-state index in [9.17, 15) is 4.79 Å². The van der Waals surface area contributed by atoms with Crippen molar-refractivity contribution in [3.8, 4) is 11.4 Å². The molecule has 0 aliphatic heterocycles. The van der Waals surface area contributed by atoms with E-state index in [0.29, 0.717) is 32.5 Å². The standard InChI is InChI=1S/C24H20Cl2N4O2S/c1-16(32-21-13-6-5-12-20(21)26)23-28-29-24(30(23)19-10-3-2-4-11-19)33-15-22(31)27-18-9-7-8-17(25)14-18/h2-14,16H,15H2,1H3,(H,27,31). The van der Waals surface area contributed by atoms with Gasteiger partial charge in [-0.3, -0.25) is 9.36 Å². The highest BCUT2D eigenvalue weighted by Gasteiger charge is 2.22. The van der Waals surface area contributed by atoms with Gasteiger partial charge in [-0.1, -0.05) is 71.4 Å². The Kier molecular flexibility index (Phi) is 7.54. The lowest BCUT2D eigenvalue weighted by Crippen LogP contribution is -2.15. The van der Waals surface area contributed by atoms with E-state index in [1.807, 2.05) is 54.0 Å². The number of nitrogens with zero attached hydrogens (tertiary/aromatic N) is 3. The number of amides is 1. The van der Waals surface area contributed by atoms with E-state index in [1.54, 1.807) is 36.4 Å². The smallest absolute Gasteiger partial charge is 0.234 e. The first kappa shape index (κ1) is 23.2. The summed E-state index contributed by atoms with van der Waals surface area (Å²) < 4.78 is 7.95. The number of halogens is 2. The predicted molar refractivity (Wildman–Crippen MR) is 133 cm³/mol. The molecule has 33 heavy (non-hydrogen) atoms. The third-order valence-corrected chi connectivity index (χ3v) is 6.09. The minimum Gasteiger partial charge on any atom is -0.481 e. The average molecular weight is 499 g/mol. The maximum Gasteiger partial charge on any atom is 0.234 e. The van der Waals surface area contributed by atoms with Gasteiger partial charge in [0.15, 0.2) is 17.1 Å². The van der Waals surface area contributed by atoms with Crippen molar-refractivity contribution >= 4 is 46.6 Å². The minimum atomic E-state index is -0.438. The van der Waals surface area contributed by atoms with Gasteiger partial charge in [0.1, 0.15) is 5.75 Å². The second kappa shape index (κ2) is 10.7. The quantitative estimate of drug-likeness (QED) is 0.283. The molecule has 1 aromatic heterocycles. The van der Waals surface area contributed by atoms with Crippen LogP contribution in [-0.2, 0) is 4.79 Å². The van der Waals surface area contributed by atoms with Crippen LogP contribution in [-0.4, -0.2) is 26.4 Å². The zero-order valence-electron chi connectivity index (χ0n) is 17.6. The van der Waals surface area contributed by atoms with Crippen LogP contribution in [0, 0.1) is 0 Å². The maximum atomic E-state index is 12.5. The maximum absolute atomic E-state index is 12.5. The number of para-hydroxylation sites is 2. The monoisotopic (exact) mass is 498 g/mol. The zero-order chi connectivity index (χ0) is 23.2. The molecule has 1 unspecified atom stereocenters. The van der Waals surface area contributed by atoms with Gasteiger partial charge in [0.2, 0.25) is 5.91 Å². The topological polar surface area (TPSA) is 69.0 Å². The number of hydrogen-bond donors (Lipinski definition) is 1. The van der Waals surface area contributed by atoms with Crippen molar-refractivity contribution in [2.75, 3.05) is 11.1 Å². The van der Waals surface area contributed by atoms with Gasteiger partial charge in [-0.15, -0.1) is 10.2 Å². The molecule has 0 fully saturated rings. The molecule has 0 radical (unpaired) electrons. The Hall–Kier alpha value is -3.00. The second-order valence-corrected chi connectivity index (χ2v) is 8.84. The Bertz CT molecular complexity index is 1250. The van der Waals surface area contributed by atoms with Gasteiger partial charge < -0.3 is 10.1 Å². The van der Waals surface area contributed by atoms with Crippen LogP contribution in [0.25, 0.3) is 5.69 Å². The number of aromatic nitrogens is 3. The molecule has 3 aromatic carbocycles. The van der Waals surface area contributed by atoms with E-state index >= 15 is 0 Å². The van der Waals surface area contributed by atoms with Crippen LogP contribution >= 0.6 is 35.0 Å². The summed E-state index contributed by atoms with van der Waals surface area (Å²) in [7, 11) is 0. The number of hydrogen-bond acceptors (Lipinski definition) is 5. The van der Waals surface area contributed by atoms with Crippen molar-refractivity contribution in [2.45, 2.75) is 18.2 Å². The Morgan fingerprint density at radius 2 is 1.79 bits per heavy atom. The summed E-state index contributed by atoms with van der Waals surface area (Å²) in [5, 5.41) is 13.2. The summed E-state index contributed by atoms with van der Waals surface area (Å²) in [5.41, 5.74) is 1.50. The summed E-state index contributed by atoms with van der Waals surface area (Å²) in [6, 6.07) is 24.0. The summed E-state index contributed by atoms with van der Waals surface area (Å²) in [5.74, 6) is 1.13. The summed E-state index contributed by atoms with van der Waals surface area (Å²) in [4.78, 5) is 12.5. The zero-order valence-corrected chi connectivity index (χ0v) is 19.9. The fourth-order valence-corrected chi connectivity index (χ4v) is 4.26. The molecule has 168 valence electrons. The molecule has 0 aliphatic rings. The molecule has 1 atom stereocenters. The van der Waals surface area contributed by atoms with Crippen LogP contribution in [0.5, 0.6) is 5.75 Å². The molecule has 0 saturated heterocycles. The van der Waals surface area contributed by atoms with Crippen molar-refractivity contribution in [3.63, 3.8) is 0 Å². The first-order valence-corrected chi connectivity index (χ1v) is 11.9. The molecule has 4 aromatic rings. The summed E-state index contributed by atoms with van der Waals surface area (Å²) in [6.45, 7) is 1.88. The lowest BCUT2D eigenvalue weighted by atomic mass is 10.3. The van der Waals surface area contributed by atoms with E-state index < -0.39 is 6.10 Å². The van der Waals surface area contributed by atoms with Crippen molar-refractivity contribution in [1.29, 1.82) is 0 Å². The summed E-state index contributed by atoms with van der Waals surface area (Å²) in [6.07, 6.45) is -0.438. The van der Waals surface area contributed by atoms with Gasteiger partial charge in [-0.05, 0) is 49.4 Å². The lowest BCUT2D eigenvalue weighted by Gasteiger charge is -2.17. The lowest BCUT2D eigenvalue weighted by molar-refractivity contribution is -0.113. The van der Waals surface area contributed by atoms with Crippen LogP contribution in [0.2, 0.25) is 10.0 Å². The Morgan fingerprint density at radius 1 is 1.03 bits per heavy atom. The number of carbonyl (C=O) groups excluding carboxylic acids is 1. The number of thioether (sulfide) groups is 1. The van der Waals surface area contributed by atoms with E-state index in [2.05, 4.69) is 15.5 Å². The molecule has 6 nitrogen and oxygen atoms in total. The van der Waals surface area contributed by atoms with Crippen molar-refractivity contribution in [1.82, 2.24) is 14.8 Å². The molecule has 9 heteroatoms. The number of ether oxygens (including phenoxy) is 1. The molecule has 1 amide bonds. The molecule has 0 aliphatic carbocycles. The van der Waals surface area contributed by atoms with Crippen LogP contribution in [0.4, 0.5) is 5.69 Å². The SMILES string of the molecule is CC(Oc1ccccc1Cl)c1nnc(SCC(=O)Nc2cccc(Cl)c2)n1-c1ccccc1. The number of carbonyl (C=O) groups is 1. The highest BCUT2D eigenvalue weighted by molar-refractivity contribution is 7.99. The Labute approximate surface area is 205 Å². The fourth-order valence-electron chi connectivity index (χ4n) is 3.13. The van der Waals surface area contributed by atoms with Gasteiger partial charge in [-0.2, -0.15) is 0 Å². The molecular formula is C24H20Cl2N4O2S. The van der Waals surface area contributed by atoms with Gasteiger partial charge in [0.05, 0.1) is 10.8 Å². The third kappa shape index (κ3) is 5.87. The average Bonchev–Trinajstić information content (AvgIpc) is 3.24. The van der Waals surface area contributed by atoms with Crippen LogP contribution in [0.3, 0.4) is 0 Å². The Balaban J connectivity index is 1.55. The van der Waals surface area contributed by atoms with Gasteiger partial charge in [0, 0.05) is 16.4 Å². The van der Waals surface area contributed by atoms with Crippen molar-refractivity contribution in [3.05, 3.63) is 94.7 Å². The normalized spacial score (nSPS) is 11.7. The van der Waals surface area contributed by atoms with E-state index in [1.165, 1.54) is 11.8 Å². The van der Waals surface area contributed by atoms with Gasteiger partial charge >= 0.3 is 0 Å². The number of rotatable bonds is 8. The third-order valence-electron chi connectivity index (χ3n) is 4.62. The van der Waals surface area contributed by atoms with E-state index in [4.69, 9.17) is 27.9 Å². The molecule has 0 bridgehead atoms. The number of benzene rings is 3. The van der Waals surface area contributed by atoms with E-state index in [0.717, 1.165) is 5.69 Å². The van der Waals surface area contributed by atoms with Crippen LogP contribution in [0.1, 0.15) is 18.9 Å². The number of anilines is 1. The van der Waals surface area contributed by atoms with Crippen LogP contribution < -0.4 is 10.1 Å². The molecule has 0 spiro atoms. The highest BCUT2D eigenvalue weighted by Crippen LogP contribution is 2.31. The molecule has 4 rings (SSSR count). The van der Waals surface area contributed by atoms with E-state index in [-0.39, 0.29) is 11.7 Å². The first-order valence-electron chi connectivity index (χ1n) is 10.1. The van der Waals surface area contributed by atoms with Crippen molar-refractivity contribution in [2.24, 2.45) is 0 Å². The largest absolute Gasteiger partial charge is 0.481 e. The fraction of sp³-hybridized carbons (Fsp3) is 0.125. The van der Waals surface area contributed by atoms with Gasteiger partial charge in [0.25, 0.3) is 0 Å². The number of nitrogens with one attached hydrogen (secondary N) is 1. The van der Waals surface area contributed by atoms with Gasteiger partial charge in [-0.25, -0.2) is 0 Å². The molecule has 1 heterocycles. The minimum absolute atomic E-state index is 0.150. The van der Waals surface area contributed by atoms with Crippen molar-refractivity contribution < 1.29 is 9.53 Å². The first-order chi connectivity index (χ1) is 16.0. The highest BCUT2D eigenvalue weighted by atomic mass is 35.5. The molecular weight excluding hydrogens is 479 g/mol. The molecule has 1 N–H and O–H groups in total. The molecule has 0 saturated carbocycles.